The number of rotatable bonds is 3. The van der Waals surface area contributed by atoms with Crippen LogP contribution in [0.5, 0.6) is 0 Å². The van der Waals surface area contributed by atoms with E-state index in [-0.39, 0.29) is 0 Å². The third-order valence-corrected chi connectivity index (χ3v) is 10.8. The summed E-state index contributed by atoms with van der Waals surface area (Å²) in [5.74, 6) is 0. The van der Waals surface area contributed by atoms with E-state index in [0.29, 0.717) is 0 Å². The van der Waals surface area contributed by atoms with E-state index in [1.54, 1.807) is 0 Å². The highest BCUT2D eigenvalue weighted by atomic mass is 16.3. The fourth-order valence-electron chi connectivity index (χ4n) is 8.55. The smallest absolute Gasteiger partial charge is 0.143 e. The summed E-state index contributed by atoms with van der Waals surface area (Å²) in [6.45, 7) is 0. The average Bonchev–Trinajstić information content (AvgIpc) is 3.58. The maximum absolute atomic E-state index is 6.66. The highest BCUT2D eigenvalue weighted by Gasteiger charge is 2.19. The summed E-state index contributed by atoms with van der Waals surface area (Å²) in [6.07, 6.45) is 0. The fourth-order valence-corrected chi connectivity index (χ4v) is 8.55. The van der Waals surface area contributed by atoms with E-state index in [1.807, 2.05) is 0 Å². The lowest BCUT2D eigenvalue weighted by atomic mass is 9.85. The van der Waals surface area contributed by atoms with Gasteiger partial charge in [-0.05, 0) is 112 Å². The Labute approximate surface area is 294 Å². The predicted octanol–water partition coefficient (Wildman–Crippen LogP) is 14.4. The summed E-state index contributed by atoms with van der Waals surface area (Å²) in [6, 6.07) is 66.3. The van der Waals surface area contributed by atoms with E-state index in [0.717, 1.165) is 32.9 Å². The first-order chi connectivity index (χ1) is 25.3. The summed E-state index contributed by atoms with van der Waals surface area (Å²) in [7, 11) is 0. The van der Waals surface area contributed by atoms with Crippen molar-refractivity contribution in [1.29, 1.82) is 0 Å². The minimum absolute atomic E-state index is 0.909. The molecule has 51 heavy (non-hydrogen) atoms. The van der Waals surface area contributed by atoms with E-state index in [2.05, 4.69) is 182 Å². The van der Waals surface area contributed by atoms with Crippen LogP contribution < -0.4 is 0 Å². The van der Waals surface area contributed by atoms with Crippen LogP contribution in [0.25, 0.3) is 109 Å². The van der Waals surface area contributed by atoms with Crippen LogP contribution in [0, 0.1) is 0 Å². The molecule has 0 atom stereocenters. The molecule has 0 radical (unpaired) electrons. The van der Waals surface area contributed by atoms with Gasteiger partial charge in [0.05, 0.1) is 0 Å². The Hall–Kier alpha value is -6.70. The third-order valence-electron chi connectivity index (χ3n) is 10.8. The molecule has 0 saturated carbocycles. The fraction of sp³-hybridized carbons (Fsp3) is 0. The number of furan rings is 1. The molecule has 0 N–H and O–H groups in total. The molecular formula is C50H30O. The van der Waals surface area contributed by atoms with Gasteiger partial charge in [-0.1, -0.05) is 152 Å². The molecule has 236 valence electrons. The van der Waals surface area contributed by atoms with E-state index in [1.165, 1.54) is 76.3 Å². The minimum Gasteiger partial charge on any atom is -0.455 e. The molecule has 0 unspecified atom stereocenters. The van der Waals surface area contributed by atoms with Crippen molar-refractivity contribution in [3.8, 4) is 33.4 Å². The number of fused-ring (bicyclic) bond motifs is 10. The van der Waals surface area contributed by atoms with Gasteiger partial charge < -0.3 is 4.42 Å². The van der Waals surface area contributed by atoms with Crippen LogP contribution in [0.4, 0.5) is 0 Å². The third kappa shape index (κ3) is 4.22. The normalized spacial score (nSPS) is 11.9. The Morgan fingerprint density at radius 2 is 0.804 bits per heavy atom. The van der Waals surface area contributed by atoms with Gasteiger partial charge in [0.25, 0.3) is 0 Å². The lowest BCUT2D eigenvalue weighted by Crippen LogP contribution is -1.91. The van der Waals surface area contributed by atoms with Crippen molar-refractivity contribution < 1.29 is 4.42 Å². The van der Waals surface area contributed by atoms with Crippen molar-refractivity contribution in [2.45, 2.75) is 0 Å². The van der Waals surface area contributed by atoms with Gasteiger partial charge >= 0.3 is 0 Å². The van der Waals surface area contributed by atoms with Gasteiger partial charge in [0.2, 0.25) is 0 Å². The standard InChI is InChI=1S/C50H30O/c1-4-17-37-31(12-1)24-27-45-40-26-25-35(30-47(40)51-50(37)45)49-43-22-9-7-20-41(43)48(42-21-8-10-23-44(42)49)34-15-11-14-32(28-34)46-29-33-13-2-3-16-36(33)38-18-5-6-19-39(38)46/h1-30H. The summed E-state index contributed by atoms with van der Waals surface area (Å²) in [5.41, 5.74) is 9.18. The molecule has 1 aromatic heterocycles. The van der Waals surface area contributed by atoms with Crippen molar-refractivity contribution in [3.05, 3.63) is 182 Å². The molecule has 11 aromatic rings. The number of hydrogen-bond donors (Lipinski definition) is 0. The van der Waals surface area contributed by atoms with Gasteiger partial charge in [0, 0.05) is 16.2 Å². The summed E-state index contributed by atoms with van der Waals surface area (Å²) < 4.78 is 6.66. The van der Waals surface area contributed by atoms with Gasteiger partial charge in [-0.15, -0.1) is 0 Å². The van der Waals surface area contributed by atoms with Crippen molar-refractivity contribution in [1.82, 2.24) is 0 Å². The maximum atomic E-state index is 6.66. The van der Waals surface area contributed by atoms with E-state index in [4.69, 9.17) is 4.42 Å². The van der Waals surface area contributed by atoms with Crippen LogP contribution in [0.1, 0.15) is 0 Å². The first kappa shape index (κ1) is 28.2. The Kier molecular flexibility index (Phi) is 6.02. The Balaban J connectivity index is 1.15. The molecule has 10 aromatic carbocycles. The van der Waals surface area contributed by atoms with Gasteiger partial charge in [-0.2, -0.15) is 0 Å². The first-order valence-electron chi connectivity index (χ1n) is 17.6. The first-order valence-corrected chi connectivity index (χ1v) is 17.6. The van der Waals surface area contributed by atoms with Gasteiger partial charge in [0.1, 0.15) is 11.2 Å². The molecule has 0 aliphatic rings. The largest absolute Gasteiger partial charge is 0.455 e. The summed E-state index contributed by atoms with van der Waals surface area (Å²) in [5, 5.41) is 14.7. The molecule has 0 bridgehead atoms. The number of benzene rings is 10. The Morgan fingerprint density at radius 1 is 0.275 bits per heavy atom. The average molecular weight is 647 g/mol. The molecule has 0 fully saturated rings. The lowest BCUT2D eigenvalue weighted by Gasteiger charge is -2.18. The zero-order valence-corrected chi connectivity index (χ0v) is 27.7. The zero-order valence-electron chi connectivity index (χ0n) is 27.7. The van der Waals surface area contributed by atoms with Crippen molar-refractivity contribution in [2.75, 3.05) is 0 Å². The second-order valence-corrected chi connectivity index (χ2v) is 13.6. The maximum Gasteiger partial charge on any atom is 0.143 e. The molecule has 0 aliphatic heterocycles. The SMILES string of the molecule is c1cc(-c2c3ccccc3c(-c3ccc4c(c3)oc3c5ccccc5ccc43)c3ccccc23)cc(-c2cc3ccccc3c3ccccc23)c1. The lowest BCUT2D eigenvalue weighted by molar-refractivity contribution is 0.673. The van der Waals surface area contributed by atoms with Crippen LogP contribution in [0.2, 0.25) is 0 Å². The molecule has 1 heterocycles. The van der Waals surface area contributed by atoms with Crippen LogP contribution in [0.15, 0.2) is 186 Å². The molecular weight excluding hydrogens is 617 g/mol. The topological polar surface area (TPSA) is 13.1 Å². The quantitative estimate of drug-likeness (QED) is 0.138. The highest BCUT2D eigenvalue weighted by molar-refractivity contribution is 6.23. The predicted molar refractivity (Wildman–Crippen MR) is 218 cm³/mol. The van der Waals surface area contributed by atoms with Gasteiger partial charge in [-0.3, -0.25) is 0 Å². The molecule has 0 saturated heterocycles. The van der Waals surface area contributed by atoms with E-state index < -0.39 is 0 Å². The minimum atomic E-state index is 0.909. The second-order valence-electron chi connectivity index (χ2n) is 13.6. The molecule has 1 nitrogen and oxygen atoms in total. The van der Waals surface area contributed by atoms with Crippen LogP contribution in [-0.4, -0.2) is 0 Å². The van der Waals surface area contributed by atoms with Gasteiger partial charge in [0.15, 0.2) is 0 Å². The molecule has 0 aliphatic carbocycles. The van der Waals surface area contributed by atoms with Crippen LogP contribution in [0.3, 0.4) is 0 Å². The zero-order chi connectivity index (χ0) is 33.5. The van der Waals surface area contributed by atoms with Crippen molar-refractivity contribution in [2.24, 2.45) is 0 Å². The van der Waals surface area contributed by atoms with Gasteiger partial charge in [-0.25, -0.2) is 0 Å². The summed E-state index contributed by atoms with van der Waals surface area (Å²) >= 11 is 0. The monoisotopic (exact) mass is 646 g/mol. The van der Waals surface area contributed by atoms with Crippen LogP contribution >= 0.6 is 0 Å². The molecule has 0 spiro atoms. The van der Waals surface area contributed by atoms with Crippen molar-refractivity contribution >= 4 is 75.8 Å². The Morgan fingerprint density at radius 3 is 1.51 bits per heavy atom. The van der Waals surface area contributed by atoms with E-state index >= 15 is 0 Å². The van der Waals surface area contributed by atoms with Crippen LogP contribution in [-0.2, 0) is 0 Å². The highest BCUT2D eigenvalue weighted by Crippen LogP contribution is 2.46. The second kappa shape index (κ2) is 10.9. The number of hydrogen-bond acceptors (Lipinski definition) is 1. The Bertz CT molecular complexity index is 3140. The molecule has 11 rings (SSSR count). The van der Waals surface area contributed by atoms with E-state index in [9.17, 15) is 0 Å². The molecule has 0 amide bonds. The molecule has 1 heteroatoms. The van der Waals surface area contributed by atoms with Crippen molar-refractivity contribution in [3.63, 3.8) is 0 Å². The summed E-state index contributed by atoms with van der Waals surface area (Å²) in [4.78, 5) is 0.